The predicted molar refractivity (Wildman–Crippen MR) is 79.6 cm³/mol. The first kappa shape index (κ1) is 14.3. The zero-order valence-corrected chi connectivity index (χ0v) is 12.4. The van der Waals surface area contributed by atoms with Gasteiger partial charge in [0.25, 0.3) is 0 Å². The van der Waals surface area contributed by atoms with Crippen molar-refractivity contribution in [3.8, 4) is 0 Å². The molecule has 1 N–H and O–H groups in total. The number of nitrogens with one attached hydrogen (secondary N) is 1. The van der Waals surface area contributed by atoms with Gasteiger partial charge in [0.05, 0.1) is 0 Å². The smallest absolute Gasteiger partial charge is 0.224 e. The fraction of sp³-hybridized carbons (Fsp3) is 0.733. The van der Waals surface area contributed by atoms with Gasteiger partial charge in [0.15, 0.2) is 0 Å². The third-order valence-electron chi connectivity index (χ3n) is 4.00. The van der Waals surface area contributed by atoms with Crippen LogP contribution in [0.5, 0.6) is 0 Å². The summed E-state index contributed by atoms with van der Waals surface area (Å²) in [6.45, 7) is 7.73. The van der Waals surface area contributed by atoms with Crippen molar-refractivity contribution >= 4 is 5.95 Å². The highest BCUT2D eigenvalue weighted by molar-refractivity contribution is 5.28. The first-order valence-electron chi connectivity index (χ1n) is 7.40. The summed E-state index contributed by atoms with van der Waals surface area (Å²) in [7, 11) is 2.09. The Morgan fingerprint density at radius 3 is 2.47 bits per heavy atom. The highest BCUT2D eigenvalue weighted by atomic mass is 15.2. The van der Waals surface area contributed by atoms with Crippen LogP contribution in [0.4, 0.5) is 5.95 Å². The Hall–Kier alpha value is -1.16. The van der Waals surface area contributed by atoms with Gasteiger partial charge in [-0.25, -0.2) is 9.97 Å². The van der Waals surface area contributed by atoms with E-state index in [2.05, 4.69) is 41.1 Å². The molecule has 0 atom stereocenters. The fourth-order valence-corrected chi connectivity index (χ4v) is 2.47. The summed E-state index contributed by atoms with van der Waals surface area (Å²) in [4.78, 5) is 11.1. The average molecular weight is 262 g/mol. The molecule has 0 aromatic carbocycles. The first-order chi connectivity index (χ1) is 9.16. The molecular formula is C15H26N4. The number of aromatic nitrogens is 2. The quantitative estimate of drug-likeness (QED) is 0.885. The minimum atomic E-state index is 0.495. The van der Waals surface area contributed by atoms with Gasteiger partial charge in [-0.05, 0) is 49.8 Å². The van der Waals surface area contributed by atoms with E-state index >= 15 is 0 Å². The molecule has 0 bridgehead atoms. The zero-order chi connectivity index (χ0) is 13.7. The van der Waals surface area contributed by atoms with E-state index in [-0.39, 0.29) is 0 Å². The lowest BCUT2D eigenvalue weighted by atomic mass is 9.94. The number of anilines is 1. The molecule has 1 aliphatic rings. The van der Waals surface area contributed by atoms with Gasteiger partial charge < -0.3 is 10.2 Å². The lowest BCUT2D eigenvalue weighted by Crippen LogP contribution is -2.30. The molecule has 4 heteroatoms. The molecule has 2 rings (SSSR count). The molecule has 106 valence electrons. The SMILES string of the molecule is CC(C)c1cnc(N(C)CCC2CCNCC2)nc1. The van der Waals surface area contributed by atoms with Gasteiger partial charge >= 0.3 is 0 Å². The zero-order valence-electron chi connectivity index (χ0n) is 12.4. The van der Waals surface area contributed by atoms with Crippen LogP contribution in [0.15, 0.2) is 12.4 Å². The summed E-state index contributed by atoms with van der Waals surface area (Å²) in [5.74, 6) is 2.20. The molecule has 2 heterocycles. The van der Waals surface area contributed by atoms with Gasteiger partial charge in [-0.1, -0.05) is 13.8 Å². The van der Waals surface area contributed by atoms with Crippen molar-refractivity contribution in [1.82, 2.24) is 15.3 Å². The number of piperidine rings is 1. The normalized spacial score (nSPS) is 16.8. The maximum Gasteiger partial charge on any atom is 0.224 e. The van der Waals surface area contributed by atoms with E-state index in [0.29, 0.717) is 5.92 Å². The highest BCUT2D eigenvalue weighted by Gasteiger charge is 2.14. The fourth-order valence-electron chi connectivity index (χ4n) is 2.47. The number of hydrogen-bond donors (Lipinski definition) is 1. The monoisotopic (exact) mass is 262 g/mol. The van der Waals surface area contributed by atoms with Crippen LogP contribution in [0.2, 0.25) is 0 Å². The Balaban J connectivity index is 1.83. The molecule has 0 saturated carbocycles. The molecule has 19 heavy (non-hydrogen) atoms. The van der Waals surface area contributed by atoms with Crippen molar-refractivity contribution in [2.75, 3.05) is 31.6 Å². The van der Waals surface area contributed by atoms with E-state index in [0.717, 1.165) is 18.4 Å². The van der Waals surface area contributed by atoms with E-state index in [9.17, 15) is 0 Å². The van der Waals surface area contributed by atoms with Crippen molar-refractivity contribution < 1.29 is 0 Å². The minimum Gasteiger partial charge on any atom is -0.344 e. The van der Waals surface area contributed by atoms with Crippen LogP contribution in [-0.2, 0) is 0 Å². The molecule has 1 aliphatic heterocycles. The number of rotatable bonds is 5. The van der Waals surface area contributed by atoms with Crippen LogP contribution in [-0.4, -0.2) is 36.6 Å². The molecule has 1 aromatic heterocycles. The third kappa shape index (κ3) is 4.16. The second-order valence-electron chi connectivity index (χ2n) is 5.87. The Morgan fingerprint density at radius 2 is 1.89 bits per heavy atom. The van der Waals surface area contributed by atoms with Crippen LogP contribution in [0, 0.1) is 5.92 Å². The van der Waals surface area contributed by atoms with Crippen LogP contribution < -0.4 is 10.2 Å². The van der Waals surface area contributed by atoms with Gasteiger partial charge in [-0.3, -0.25) is 0 Å². The van der Waals surface area contributed by atoms with E-state index in [1.165, 1.54) is 37.9 Å². The van der Waals surface area contributed by atoms with Gasteiger partial charge in [0.2, 0.25) is 5.95 Å². The Kier molecular flexibility index (Phi) is 5.14. The Morgan fingerprint density at radius 1 is 1.26 bits per heavy atom. The van der Waals surface area contributed by atoms with Crippen molar-refractivity contribution in [2.24, 2.45) is 5.92 Å². The molecule has 0 unspecified atom stereocenters. The van der Waals surface area contributed by atoms with Crippen LogP contribution in [0.1, 0.15) is 44.6 Å². The van der Waals surface area contributed by atoms with E-state index < -0.39 is 0 Å². The maximum atomic E-state index is 4.47. The molecule has 1 aromatic rings. The molecule has 4 nitrogen and oxygen atoms in total. The summed E-state index contributed by atoms with van der Waals surface area (Å²) >= 11 is 0. The molecule has 0 radical (unpaired) electrons. The van der Waals surface area contributed by atoms with Crippen molar-refractivity contribution in [1.29, 1.82) is 0 Å². The van der Waals surface area contributed by atoms with Gasteiger partial charge in [0.1, 0.15) is 0 Å². The maximum absolute atomic E-state index is 4.47. The Bertz CT molecular complexity index is 368. The van der Waals surface area contributed by atoms with E-state index in [4.69, 9.17) is 0 Å². The van der Waals surface area contributed by atoms with Gasteiger partial charge in [-0.15, -0.1) is 0 Å². The van der Waals surface area contributed by atoms with Gasteiger partial charge in [-0.2, -0.15) is 0 Å². The van der Waals surface area contributed by atoms with Crippen LogP contribution in [0.3, 0.4) is 0 Å². The summed E-state index contributed by atoms with van der Waals surface area (Å²) in [6.07, 6.45) is 7.76. The lowest BCUT2D eigenvalue weighted by Gasteiger charge is -2.25. The molecule has 0 amide bonds. The van der Waals surface area contributed by atoms with Crippen molar-refractivity contribution in [2.45, 2.75) is 39.0 Å². The average Bonchev–Trinajstić information content (AvgIpc) is 2.46. The second-order valence-corrected chi connectivity index (χ2v) is 5.87. The van der Waals surface area contributed by atoms with E-state index in [1.54, 1.807) is 0 Å². The summed E-state index contributed by atoms with van der Waals surface area (Å²) in [5, 5.41) is 3.41. The van der Waals surface area contributed by atoms with Crippen LogP contribution in [0.25, 0.3) is 0 Å². The van der Waals surface area contributed by atoms with Crippen molar-refractivity contribution in [3.05, 3.63) is 18.0 Å². The summed E-state index contributed by atoms with van der Waals surface area (Å²) in [6, 6.07) is 0. The molecular weight excluding hydrogens is 236 g/mol. The lowest BCUT2D eigenvalue weighted by molar-refractivity contribution is 0.356. The topological polar surface area (TPSA) is 41.1 Å². The standard InChI is InChI=1S/C15H26N4/c1-12(2)14-10-17-15(18-11-14)19(3)9-6-13-4-7-16-8-5-13/h10-13,16H,4-9H2,1-3H3. The summed E-state index contributed by atoms with van der Waals surface area (Å²) < 4.78 is 0. The van der Waals surface area contributed by atoms with Gasteiger partial charge in [0, 0.05) is 26.0 Å². The second kappa shape index (κ2) is 6.85. The summed E-state index contributed by atoms with van der Waals surface area (Å²) in [5.41, 5.74) is 1.20. The molecule has 1 saturated heterocycles. The third-order valence-corrected chi connectivity index (χ3v) is 4.00. The predicted octanol–water partition coefficient (Wildman–Crippen LogP) is 2.43. The number of hydrogen-bond acceptors (Lipinski definition) is 4. The minimum absolute atomic E-state index is 0.495. The largest absolute Gasteiger partial charge is 0.344 e. The first-order valence-corrected chi connectivity index (χ1v) is 7.40. The molecule has 0 spiro atoms. The van der Waals surface area contributed by atoms with Crippen LogP contribution >= 0.6 is 0 Å². The molecule has 0 aliphatic carbocycles. The van der Waals surface area contributed by atoms with Crippen molar-refractivity contribution in [3.63, 3.8) is 0 Å². The number of nitrogens with zero attached hydrogens (tertiary/aromatic N) is 3. The molecule has 1 fully saturated rings. The highest BCUT2D eigenvalue weighted by Crippen LogP contribution is 2.18. The van der Waals surface area contributed by atoms with E-state index in [1.807, 2.05) is 12.4 Å². The Labute approximate surface area is 116 Å².